The van der Waals surface area contributed by atoms with Crippen LogP contribution in [0.4, 0.5) is 8.78 Å². The number of halogens is 2. The quantitative estimate of drug-likeness (QED) is 0.461. The van der Waals surface area contributed by atoms with Crippen molar-refractivity contribution >= 4 is 0 Å². The third kappa shape index (κ3) is 5.60. The van der Waals surface area contributed by atoms with E-state index in [0.29, 0.717) is 11.6 Å². The number of benzene rings is 1. The van der Waals surface area contributed by atoms with E-state index in [0.717, 1.165) is 37.8 Å². The second-order valence-corrected chi connectivity index (χ2v) is 9.05. The maximum atomic E-state index is 13.5. The molecule has 4 rings (SSSR count). The van der Waals surface area contributed by atoms with E-state index in [1.54, 1.807) is 19.5 Å². The molecular weight excluding hydrogens is 474 g/mol. The van der Waals surface area contributed by atoms with Gasteiger partial charge >= 0.3 is 0 Å². The monoisotopic (exact) mass is 502 g/mol. The summed E-state index contributed by atoms with van der Waals surface area (Å²) in [7, 11) is 1.71. The SMILES string of the molecule is COC1CCC(n2cc(C#C[C@H]3O[C@H](CO)[C@@H](O)[C@H](O)[C@@]3(O)C#Cc3cc(F)cc(F)c3)cn2)CC1. The van der Waals surface area contributed by atoms with E-state index in [2.05, 4.69) is 28.8 Å². The van der Waals surface area contributed by atoms with E-state index in [9.17, 15) is 29.2 Å². The molecule has 0 spiro atoms. The van der Waals surface area contributed by atoms with Gasteiger partial charge in [0.05, 0.1) is 30.5 Å². The third-order valence-electron chi connectivity index (χ3n) is 6.62. The maximum Gasteiger partial charge on any atom is 0.191 e. The first-order chi connectivity index (χ1) is 17.2. The highest BCUT2D eigenvalue weighted by Crippen LogP contribution is 2.31. The van der Waals surface area contributed by atoms with Crippen molar-refractivity contribution in [3.63, 3.8) is 0 Å². The second kappa shape index (κ2) is 11.1. The summed E-state index contributed by atoms with van der Waals surface area (Å²) in [5.41, 5.74) is -1.99. The zero-order valence-corrected chi connectivity index (χ0v) is 19.6. The molecule has 192 valence electrons. The predicted molar refractivity (Wildman–Crippen MR) is 123 cm³/mol. The van der Waals surface area contributed by atoms with Gasteiger partial charge in [0.15, 0.2) is 11.7 Å². The molecule has 2 heterocycles. The number of aliphatic hydroxyl groups excluding tert-OH is 3. The Morgan fingerprint density at radius 2 is 1.81 bits per heavy atom. The maximum absolute atomic E-state index is 13.5. The first-order valence-electron chi connectivity index (χ1n) is 11.7. The Morgan fingerprint density at radius 1 is 1.11 bits per heavy atom. The van der Waals surface area contributed by atoms with E-state index in [-0.39, 0.29) is 17.7 Å². The van der Waals surface area contributed by atoms with Crippen molar-refractivity contribution in [3.8, 4) is 23.7 Å². The largest absolute Gasteiger partial charge is 0.394 e. The van der Waals surface area contributed by atoms with Gasteiger partial charge in [-0.1, -0.05) is 23.7 Å². The van der Waals surface area contributed by atoms with Gasteiger partial charge in [0, 0.05) is 24.9 Å². The number of aromatic nitrogens is 2. The van der Waals surface area contributed by atoms with E-state index in [1.165, 1.54) is 0 Å². The normalized spacial score (nSPS) is 32.2. The number of aliphatic hydroxyl groups is 4. The zero-order valence-electron chi connectivity index (χ0n) is 19.6. The molecule has 0 unspecified atom stereocenters. The molecule has 1 aliphatic heterocycles. The van der Waals surface area contributed by atoms with Crippen LogP contribution in [0.1, 0.15) is 42.9 Å². The molecule has 1 aliphatic carbocycles. The molecule has 10 heteroatoms. The highest BCUT2D eigenvalue weighted by atomic mass is 19.1. The molecule has 2 aliphatic rings. The zero-order chi connectivity index (χ0) is 25.9. The minimum atomic E-state index is -2.42. The lowest BCUT2D eigenvalue weighted by molar-refractivity contribution is -0.239. The van der Waals surface area contributed by atoms with Crippen LogP contribution in [-0.2, 0) is 9.47 Å². The Kier molecular flexibility index (Phi) is 8.06. The van der Waals surface area contributed by atoms with E-state index >= 15 is 0 Å². The fourth-order valence-corrected chi connectivity index (χ4v) is 4.51. The van der Waals surface area contributed by atoms with Gasteiger partial charge in [-0.2, -0.15) is 5.10 Å². The summed E-state index contributed by atoms with van der Waals surface area (Å²) in [6.07, 6.45) is 1.02. The van der Waals surface area contributed by atoms with Gasteiger partial charge in [0.1, 0.15) is 29.9 Å². The summed E-state index contributed by atoms with van der Waals surface area (Å²) in [5.74, 6) is 8.60. The van der Waals surface area contributed by atoms with Crippen molar-refractivity contribution in [2.45, 2.75) is 67.8 Å². The lowest BCUT2D eigenvalue weighted by atomic mass is 9.82. The van der Waals surface area contributed by atoms with Gasteiger partial charge < -0.3 is 29.9 Å². The summed E-state index contributed by atoms with van der Waals surface area (Å²) in [4.78, 5) is 0. The Hall–Kier alpha value is -2.83. The van der Waals surface area contributed by atoms with Crippen molar-refractivity contribution in [1.29, 1.82) is 0 Å². The first kappa shape index (κ1) is 26.2. The van der Waals surface area contributed by atoms with Gasteiger partial charge in [-0.15, -0.1) is 0 Å². The van der Waals surface area contributed by atoms with Crippen molar-refractivity contribution in [3.05, 3.63) is 53.4 Å². The molecule has 5 atom stereocenters. The Morgan fingerprint density at radius 3 is 2.44 bits per heavy atom. The Bertz CT molecular complexity index is 1170. The Labute approximate surface area is 207 Å². The number of rotatable bonds is 3. The molecule has 1 aromatic carbocycles. The molecule has 1 aromatic heterocycles. The van der Waals surface area contributed by atoms with Crippen LogP contribution in [0.15, 0.2) is 30.6 Å². The summed E-state index contributed by atoms with van der Waals surface area (Å²) in [5, 5.41) is 46.1. The van der Waals surface area contributed by atoms with Crippen molar-refractivity contribution in [1.82, 2.24) is 9.78 Å². The van der Waals surface area contributed by atoms with Crippen LogP contribution in [-0.4, -0.2) is 80.0 Å². The second-order valence-electron chi connectivity index (χ2n) is 9.05. The molecule has 1 saturated carbocycles. The Balaban J connectivity index is 1.59. The van der Waals surface area contributed by atoms with Crippen LogP contribution in [0, 0.1) is 35.3 Å². The van der Waals surface area contributed by atoms with Crippen LogP contribution >= 0.6 is 0 Å². The van der Waals surface area contributed by atoms with E-state index in [1.807, 2.05) is 4.68 Å². The predicted octanol–water partition coefficient (Wildman–Crippen LogP) is 0.907. The fourth-order valence-electron chi connectivity index (χ4n) is 4.51. The minimum Gasteiger partial charge on any atom is -0.394 e. The van der Waals surface area contributed by atoms with Crippen LogP contribution in [0.3, 0.4) is 0 Å². The van der Waals surface area contributed by atoms with Crippen molar-refractivity contribution < 1.29 is 38.7 Å². The number of methoxy groups -OCH3 is 1. The van der Waals surface area contributed by atoms with Crippen LogP contribution in [0.2, 0.25) is 0 Å². The fraction of sp³-hybridized carbons (Fsp3) is 0.500. The number of hydrogen-bond acceptors (Lipinski definition) is 7. The van der Waals surface area contributed by atoms with Gasteiger partial charge in [-0.3, -0.25) is 4.68 Å². The molecule has 8 nitrogen and oxygen atoms in total. The number of hydrogen-bond donors (Lipinski definition) is 4. The average molecular weight is 503 g/mol. The topological polar surface area (TPSA) is 117 Å². The third-order valence-corrected chi connectivity index (χ3v) is 6.62. The highest BCUT2D eigenvalue weighted by molar-refractivity contribution is 5.41. The molecule has 0 radical (unpaired) electrons. The molecule has 36 heavy (non-hydrogen) atoms. The van der Waals surface area contributed by atoms with Gasteiger partial charge in [0.25, 0.3) is 0 Å². The standard InChI is InChI=1S/C26H28F2N2O6/c1-35-21-5-3-20(4-6-21)30-14-17(13-29-30)2-7-23-26(34,25(33)24(32)22(15-31)36-23)9-8-16-10-18(27)12-19(28)11-16/h10-14,20-25,31-34H,3-6,15H2,1H3/t20?,21?,22-,23-,24-,25+,26-/m1/s1. The van der Waals surface area contributed by atoms with Crippen LogP contribution in [0.25, 0.3) is 0 Å². The lowest BCUT2D eigenvalue weighted by Gasteiger charge is -2.43. The number of nitrogens with zero attached hydrogens (tertiary/aromatic N) is 2. The molecule has 2 fully saturated rings. The van der Waals surface area contributed by atoms with Crippen molar-refractivity contribution in [2.24, 2.45) is 0 Å². The molecular formula is C26H28F2N2O6. The molecule has 0 bridgehead atoms. The average Bonchev–Trinajstić information content (AvgIpc) is 3.34. The minimum absolute atomic E-state index is 0.0944. The summed E-state index contributed by atoms with van der Waals surface area (Å²) in [6.45, 7) is -0.642. The summed E-state index contributed by atoms with van der Waals surface area (Å²) >= 11 is 0. The summed E-state index contributed by atoms with van der Waals surface area (Å²) < 4.78 is 39.9. The highest BCUT2D eigenvalue weighted by Gasteiger charge is 2.53. The molecule has 0 amide bonds. The first-order valence-corrected chi connectivity index (χ1v) is 11.7. The lowest BCUT2D eigenvalue weighted by Crippen LogP contribution is -2.65. The van der Waals surface area contributed by atoms with Gasteiger partial charge in [-0.05, 0) is 37.8 Å². The molecule has 4 N–H and O–H groups in total. The van der Waals surface area contributed by atoms with Gasteiger partial charge in [-0.25, -0.2) is 8.78 Å². The van der Waals surface area contributed by atoms with Crippen LogP contribution < -0.4 is 0 Å². The van der Waals surface area contributed by atoms with Crippen molar-refractivity contribution in [2.75, 3.05) is 13.7 Å². The number of ether oxygens (including phenoxy) is 2. The summed E-state index contributed by atoms with van der Waals surface area (Å²) in [6, 6.07) is 2.80. The van der Waals surface area contributed by atoms with E-state index in [4.69, 9.17) is 9.47 Å². The smallest absolute Gasteiger partial charge is 0.191 e. The van der Waals surface area contributed by atoms with E-state index < -0.39 is 48.3 Å². The molecule has 2 aromatic rings. The van der Waals surface area contributed by atoms with Crippen LogP contribution in [0.5, 0.6) is 0 Å². The van der Waals surface area contributed by atoms with Gasteiger partial charge in [0.2, 0.25) is 0 Å². The molecule has 1 saturated heterocycles.